The van der Waals surface area contributed by atoms with Crippen molar-refractivity contribution in [2.45, 2.75) is 4.90 Å². The van der Waals surface area contributed by atoms with Crippen molar-refractivity contribution in [1.29, 1.82) is 0 Å². The van der Waals surface area contributed by atoms with Crippen LogP contribution >= 0.6 is 27.7 Å². The number of Topliss-reactive ketones (excluding diaryl/α,β-unsaturated/α-hetero) is 1. The number of allylic oxidation sites excluding steroid dienone is 1. The second-order valence-corrected chi connectivity index (χ2v) is 6.32. The van der Waals surface area contributed by atoms with E-state index in [4.69, 9.17) is 4.74 Å². The van der Waals surface area contributed by atoms with Crippen LogP contribution in [0.15, 0.2) is 56.7 Å². The fourth-order valence-electron chi connectivity index (χ4n) is 2.10. The molecule has 0 bridgehead atoms. The number of ketones is 1. The molecule has 0 radical (unpaired) electrons. The molecule has 20 heavy (non-hydrogen) atoms. The maximum atomic E-state index is 12.3. The van der Waals surface area contributed by atoms with Gasteiger partial charge in [0.25, 0.3) is 0 Å². The third-order valence-corrected chi connectivity index (χ3v) is 4.65. The maximum Gasteiger partial charge on any atom is 0.200 e. The Labute approximate surface area is 130 Å². The molecule has 0 unspecified atom stereocenters. The minimum atomic E-state index is 0.0765. The summed E-state index contributed by atoms with van der Waals surface area (Å²) in [4.78, 5) is 14.1. The van der Waals surface area contributed by atoms with Crippen LogP contribution in [0, 0.1) is 0 Å². The SMILES string of the molecule is COc1ccc(Br)cc1/C=C1\Sc2ccccc2C1=O. The van der Waals surface area contributed by atoms with Crippen LogP contribution in [0.25, 0.3) is 6.08 Å². The van der Waals surface area contributed by atoms with Crippen molar-refractivity contribution >= 4 is 39.6 Å². The Morgan fingerprint density at radius 2 is 2.00 bits per heavy atom. The first-order valence-electron chi connectivity index (χ1n) is 6.06. The van der Waals surface area contributed by atoms with Crippen LogP contribution < -0.4 is 4.74 Å². The number of carbonyl (C=O) groups is 1. The third kappa shape index (κ3) is 2.41. The fraction of sp³-hybridized carbons (Fsp3) is 0.0625. The fourth-order valence-corrected chi connectivity index (χ4v) is 3.52. The highest BCUT2D eigenvalue weighted by Gasteiger charge is 2.25. The van der Waals surface area contributed by atoms with E-state index in [9.17, 15) is 4.79 Å². The van der Waals surface area contributed by atoms with Crippen LogP contribution in [-0.2, 0) is 0 Å². The Balaban J connectivity index is 2.03. The van der Waals surface area contributed by atoms with E-state index in [-0.39, 0.29) is 5.78 Å². The smallest absolute Gasteiger partial charge is 0.200 e. The predicted molar refractivity (Wildman–Crippen MR) is 85.3 cm³/mol. The molecular formula is C16H11BrO2S. The third-order valence-electron chi connectivity index (χ3n) is 3.05. The zero-order valence-corrected chi connectivity index (χ0v) is 13.1. The number of hydrogen-bond acceptors (Lipinski definition) is 3. The van der Waals surface area contributed by atoms with Gasteiger partial charge in [-0.3, -0.25) is 4.79 Å². The standard InChI is InChI=1S/C16H11BrO2S/c1-19-13-7-6-11(17)8-10(13)9-15-16(18)12-4-2-3-5-14(12)20-15/h2-9H,1H3/b15-9-. The number of rotatable bonds is 2. The Bertz CT molecular complexity index is 722. The first kappa shape index (κ1) is 13.5. The van der Waals surface area contributed by atoms with Gasteiger partial charge < -0.3 is 4.74 Å². The molecule has 0 spiro atoms. The summed E-state index contributed by atoms with van der Waals surface area (Å²) in [6.07, 6.45) is 1.89. The summed E-state index contributed by atoms with van der Waals surface area (Å²) in [6.45, 7) is 0. The molecule has 1 aliphatic heterocycles. The van der Waals surface area contributed by atoms with Crippen LogP contribution in [0.1, 0.15) is 15.9 Å². The van der Waals surface area contributed by atoms with Crippen molar-refractivity contribution in [3.8, 4) is 5.75 Å². The first-order valence-corrected chi connectivity index (χ1v) is 7.67. The van der Waals surface area contributed by atoms with Crippen molar-refractivity contribution in [2.24, 2.45) is 0 Å². The van der Waals surface area contributed by atoms with E-state index in [0.717, 1.165) is 31.1 Å². The summed E-state index contributed by atoms with van der Waals surface area (Å²) < 4.78 is 6.29. The summed E-state index contributed by atoms with van der Waals surface area (Å²) >= 11 is 4.95. The van der Waals surface area contributed by atoms with E-state index >= 15 is 0 Å². The van der Waals surface area contributed by atoms with Gasteiger partial charge in [0.05, 0.1) is 12.0 Å². The van der Waals surface area contributed by atoms with Crippen molar-refractivity contribution in [1.82, 2.24) is 0 Å². The number of fused-ring (bicyclic) bond motifs is 1. The van der Waals surface area contributed by atoms with Gasteiger partial charge in [0.15, 0.2) is 0 Å². The summed E-state index contributed by atoms with van der Waals surface area (Å²) in [7, 11) is 1.63. The normalized spacial score (nSPS) is 15.5. The van der Waals surface area contributed by atoms with Gasteiger partial charge >= 0.3 is 0 Å². The first-order chi connectivity index (χ1) is 9.69. The lowest BCUT2D eigenvalue weighted by molar-refractivity contribution is 0.104. The summed E-state index contributed by atoms with van der Waals surface area (Å²) in [5, 5.41) is 0. The van der Waals surface area contributed by atoms with E-state index in [2.05, 4.69) is 15.9 Å². The van der Waals surface area contributed by atoms with E-state index < -0.39 is 0 Å². The van der Waals surface area contributed by atoms with E-state index in [1.807, 2.05) is 48.5 Å². The van der Waals surface area contributed by atoms with Crippen molar-refractivity contribution < 1.29 is 9.53 Å². The summed E-state index contributed by atoms with van der Waals surface area (Å²) in [6, 6.07) is 13.4. The topological polar surface area (TPSA) is 26.3 Å². The number of carbonyl (C=O) groups excluding carboxylic acids is 1. The Kier molecular flexibility index (Phi) is 3.68. The van der Waals surface area contributed by atoms with Crippen LogP contribution in [0.5, 0.6) is 5.75 Å². The molecule has 0 aliphatic carbocycles. The lowest BCUT2D eigenvalue weighted by Crippen LogP contribution is -1.94. The molecule has 0 aromatic heterocycles. The number of methoxy groups -OCH3 is 1. The summed E-state index contributed by atoms with van der Waals surface area (Å²) in [5.74, 6) is 0.831. The lowest BCUT2D eigenvalue weighted by atomic mass is 10.1. The van der Waals surface area contributed by atoms with Gasteiger partial charge in [0, 0.05) is 20.5 Å². The molecule has 2 nitrogen and oxygen atoms in total. The Morgan fingerprint density at radius 1 is 1.20 bits per heavy atom. The van der Waals surface area contributed by atoms with Crippen LogP contribution in [-0.4, -0.2) is 12.9 Å². The number of hydrogen-bond donors (Lipinski definition) is 0. The Morgan fingerprint density at radius 3 is 2.75 bits per heavy atom. The minimum absolute atomic E-state index is 0.0765. The van der Waals surface area contributed by atoms with Gasteiger partial charge in [-0.2, -0.15) is 0 Å². The van der Waals surface area contributed by atoms with Crippen molar-refractivity contribution in [3.05, 3.63) is 63.0 Å². The molecule has 0 atom stereocenters. The van der Waals surface area contributed by atoms with E-state index in [1.165, 1.54) is 11.8 Å². The van der Waals surface area contributed by atoms with Crippen LogP contribution in [0.4, 0.5) is 0 Å². The van der Waals surface area contributed by atoms with Crippen LogP contribution in [0.3, 0.4) is 0 Å². The minimum Gasteiger partial charge on any atom is -0.496 e. The van der Waals surface area contributed by atoms with Gasteiger partial charge in [-0.15, -0.1) is 0 Å². The second kappa shape index (κ2) is 5.46. The van der Waals surface area contributed by atoms with Gasteiger partial charge in [-0.05, 0) is 36.4 Å². The van der Waals surface area contributed by atoms with Crippen molar-refractivity contribution in [3.63, 3.8) is 0 Å². The zero-order chi connectivity index (χ0) is 14.1. The molecule has 0 saturated heterocycles. The lowest BCUT2D eigenvalue weighted by Gasteiger charge is -2.05. The highest BCUT2D eigenvalue weighted by atomic mass is 79.9. The molecule has 0 amide bonds. The quantitative estimate of drug-likeness (QED) is 0.731. The van der Waals surface area contributed by atoms with Gasteiger partial charge in [0.2, 0.25) is 5.78 Å². The van der Waals surface area contributed by atoms with Gasteiger partial charge in [-0.1, -0.05) is 39.8 Å². The predicted octanol–water partition coefficient (Wildman–Crippen LogP) is 4.79. The number of benzene rings is 2. The van der Waals surface area contributed by atoms with Gasteiger partial charge in [-0.25, -0.2) is 0 Å². The molecule has 1 heterocycles. The average molecular weight is 347 g/mol. The molecule has 0 fully saturated rings. The summed E-state index contributed by atoms with van der Waals surface area (Å²) in [5.41, 5.74) is 1.67. The largest absolute Gasteiger partial charge is 0.496 e. The number of thioether (sulfide) groups is 1. The highest BCUT2D eigenvalue weighted by molar-refractivity contribution is 9.10. The highest BCUT2D eigenvalue weighted by Crippen LogP contribution is 2.41. The van der Waals surface area contributed by atoms with Gasteiger partial charge in [0.1, 0.15) is 5.75 Å². The molecule has 1 aliphatic rings. The number of ether oxygens (including phenoxy) is 1. The molecule has 3 rings (SSSR count). The zero-order valence-electron chi connectivity index (χ0n) is 10.7. The monoisotopic (exact) mass is 346 g/mol. The molecule has 2 aromatic rings. The van der Waals surface area contributed by atoms with Crippen LogP contribution in [0.2, 0.25) is 0 Å². The van der Waals surface area contributed by atoms with E-state index in [1.54, 1.807) is 7.11 Å². The molecule has 2 aromatic carbocycles. The molecule has 100 valence electrons. The van der Waals surface area contributed by atoms with E-state index in [0.29, 0.717) is 0 Å². The molecule has 4 heteroatoms. The second-order valence-electron chi connectivity index (χ2n) is 4.32. The molecular weight excluding hydrogens is 336 g/mol. The average Bonchev–Trinajstić information content (AvgIpc) is 2.76. The van der Waals surface area contributed by atoms with Crippen molar-refractivity contribution in [2.75, 3.05) is 7.11 Å². The Hall–Kier alpha value is -1.52. The molecule has 0 N–H and O–H groups in total. The number of halogens is 1. The maximum absolute atomic E-state index is 12.3. The molecule has 0 saturated carbocycles.